The number of fused-ring (bicyclic) bond motifs is 1. The molecule has 0 aromatic heterocycles. The Hall–Kier alpha value is -1.80. The van der Waals surface area contributed by atoms with E-state index >= 15 is 0 Å². The summed E-state index contributed by atoms with van der Waals surface area (Å²) in [7, 11) is -3.96. The molecule has 0 bridgehead atoms. The summed E-state index contributed by atoms with van der Waals surface area (Å²) in [5.41, 5.74) is 0.0307. The number of sulfonamides is 1. The number of ether oxygens (including phenoxy) is 3. The van der Waals surface area contributed by atoms with Gasteiger partial charge in [-0.1, -0.05) is 0 Å². The van der Waals surface area contributed by atoms with Gasteiger partial charge in [0, 0.05) is 6.07 Å². The Morgan fingerprint density at radius 3 is 2.57 bits per heavy atom. The van der Waals surface area contributed by atoms with E-state index in [1.165, 1.54) is 12.1 Å². The third-order valence-corrected chi connectivity index (χ3v) is 4.38. The second kappa shape index (κ2) is 5.19. The van der Waals surface area contributed by atoms with Gasteiger partial charge in [0.1, 0.15) is 24.9 Å². The Morgan fingerprint density at radius 1 is 1.24 bits per heavy atom. The van der Waals surface area contributed by atoms with Crippen LogP contribution in [0, 0.1) is 0 Å². The highest BCUT2D eigenvalue weighted by atomic mass is 32.2. The van der Waals surface area contributed by atoms with Crippen LogP contribution < -0.4 is 14.6 Å². The highest BCUT2D eigenvalue weighted by Gasteiger charge is 2.29. The van der Waals surface area contributed by atoms with Crippen molar-refractivity contribution in [3.63, 3.8) is 0 Å². The number of rotatable bonds is 3. The molecule has 1 aliphatic heterocycles. The highest BCUT2D eigenvalue weighted by Crippen LogP contribution is 2.37. The van der Waals surface area contributed by atoms with Crippen LogP contribution in [0.1, 0.15) is 29.6 Å². The minimum Gasteiger partial charge on any atom is -0.486 e. The van der Waals surface area contributed by atoms with Gasteiger partial charge >= 0.3 is 5.97 Å². The number of carbonyl (C=O) groups is 1. The fraction of sp³-hybridized carbons (Fsp3) is 0.462. The molecular formula is C13H15NO6S. The van der Waals surface area contributed by atoms with Crippen molar-refractivity contribution in [2.45, 2.75) is 30.3 Å². The van der Waals surface area contributed by atoms with Crippen molar-refractivity contribution in [1.82, 2.24) is 0 Å². The number of primary sulfonamides is 1. The molecule has 2 N–H and O–H groups in total. The smallest absolute Gasteiger partial charge is 0.342 e. The maximum absolute atomic E-state index is 12.2. The largest absolute Gasteiger partial charge is 0.486 e. The normalized spacial score (nSPS) is 18.0. The van der Waals surface area contributed by atoms with Gasteiger partial charge in [-0.3, -0.25) is 0 Å². The van der Waals surface area contributed by atoms with E-state index in [4.69, 9.17) is 19.3 Å². The van der Waals surface area contributed by atoms with Crippen LogP contribution in [0.3, 0.4) is 0 Å². The number of hydrogen-bond donors (Lipinski definition) is 1. The number of benzene rings is 1. The average molecular weight is 313 g/mol. The first kappa shape index (κ1) is 14.2. The van der Waals surface area contributed by atoms with Crippen molar-refractivity contribution in [3.05, 3.63) is 17.7 Å². The second-order valence-corrected chi connectivity index (χ2v) is 6.56. The third-order valence-electron chi connectivity index (χ3n) is 3.49. The summed E-state index contributed by atoms with van der Waals surface area (Å²) < 4.78 is 39.1. The van der Waals surface area contributed by atoms with E-state index in [0.717, 1.165) is 19.3 Å². The van der Waals surface area contributed by atoms with Crippen LogP contribution in [0.4, 0.5) is 0 Å². The van der Waals surface area contributed by atoms with Crippen LogP contribution in [0.5, 0.6) is 11.5 Å². The van der Waals surface area contributed by atoms with Gasteiger partial charge in [-0.05, 0) is 25.3 Å². The SMILES string of the molecule is NS(=O)(=O)c1cc2c(c(C(=O)OC3CCC3)c1)OCCO2. The fourth-order valence-corrected chi connectivity index (χ4v) is 2.70. The number of nitrogens with two attached hydrogens (primary N) is 1. The zero-order chi connectivity index (χ0) is 15.0. The standard InChI is InChI=1S/C13H15NO6S/c14-21(16,17)9-6-10(13(15)20-8-2-1-3-8)12-11(7-9)18-4-5-19-12/h6-8H,1-5H2,(H2,14,16,17). The van der Waals surface area contributed by atoms with E-state index in [-0.39, 0.29) is 41.3 Å². The van der Waals surface area contributed by atoms with Crippen molar-refractivity contribution in [2.24, 2.45) is 5.14 Å². The Balaban J connectivity index is 2.01. The first-order valence-corrected chi connectivity index (χ1v) is 8.17. The zero-order valence-electron chi connectivity index (χ0n) is 11.2. The summed E-state index contributed by atoms with van der Waals surface area (Å²) >= 11 is 0. The van der Waals surface area contributed by atoms with Crippen LogP contribution >= 0.6 is 0 Å². The lowest BCUT2D eigenvalue weighted by Crippen LogP contribution is -2.26. The molecule has 1 saturated carbocycles. The first-order valence-electron chi connectivity index (χ1n) is 6.62. The van der Waals surface area contributed by atoms with Crippen LogP contribution in [-0.4, -0.2) is 33.7 Å². The lowest BCUT2D eigenvalue weighted by molar-refractivity contribution is 0.00830. The summed E-state index contributed by atoms with van der Waals surface area (Å²) in [6.45, 7) is 0.559. The van der Waals surface area contributed by atoms with Gasteiger partial charge in [0.25, 0.3) is 0 Å². The minimum atomic E-state index is -3.96. The molecule has 1 aliphatic carbocycles. The molecule has 0 amide bonds. The maximum atomic E-state index is 12.2. The van der Waals surface area contributed by atoms with E-state index in [1.54, 1.807) is 0 Å². The molecule has 1 fully saturated rings. The molecule has 7 nitrogen and oxygen atoms in total. The molecule has 1 aromatic rings. The van der Waals surface area contributed by atoms with Gasteiger partial charge in [0.15, 0.2) is 11.5 Å². The predicted molar refractivity (Wildman–Crippen MR) is 71.9 cm³/mol. The molecule has 2 aliphatic rings. The molecule has 21 heavy (non-hydrogen) atoms. The van der Waals surface area contributed by atoms with Crippen LogP contribution in [0.2, 0.25) is 0 Å². The lowest BCUT2D eigenvalue weighted by Gasteiger charge is -2.26. The quantitative estimate of drug-likeness (QED) is 0.828. The number of hydrogen-bond acceptors (Lipinski definition) is 6. The van der Waals surface area contributed by atoms with E-state index in [0.29, 0.717) is 0 Å². The molecule has 3 rings (SSSR count). The molecule has 8 heteroatoms. The van der Waals surface area contributed by atoms with Crippen molar-refractivity contribution in [3.8, 4) is 11.5 Å². The molecule has 0 unspecified atom stereocenters. The lowest BCUT2D eigenvalue weighted by atomic mass is 9.96. The summed E-state index contributed by atoms with van der Waals surface area (Å²) in [5, 5.41) is 5.12. The van der Waals surface area contributed by atoms with Crippen molar-refractivity contribution in [2.75, 3.05) is 13.2 Å². The molecule has 1 heterocycles. The number of carbonyl (C=O) groups excluding carboxylic acids is 1. The van der Waals surface area contributed by atoms with Gasteiger partial charge in [-0.15, -0.1) is 0 Å². The average Bonchev–Trinajstić information content (AvgIpc) is 2.40. The van der Waals surface area contributed by atoms with E-state index in [2.05, 4.69) is 0 Å². The van der Waals surface area contributed by atoms with Crippen molar-refractivity contribution in [1.29, 1.82) is 0 Å². The van der Waals surface area contributed by atoms with Gasteiger partial charge in [0.05, 0.1) is 4.90 Å². The van der Waals surface area contributed by atoms with Crippen LogP contribution in [0.15, 0.2) is 17.0 Å². The Kier molecular flexibility index (Phi) is 3.50. The Bertz CT molecular complexity index is 680. The van der Waals surface area contributed by atoms with Crippen LogP contribution in [-0.2, 0) is 14.8 Å². The van der Waals surface area contributed by atoms with Crippen LogP contribution in [0.25, 0.3) is 0 Å². The molecular weight excluding hydrogens is 298 g/mol. The monoisotopic (exact) mass is 313 g/mol. The van der Waals surface area contributed by atoms with E-state index < -0.39 is 16.0 Å². The van der Waals surface area contributed by atoms with E-state index in [1.807, 2.05) is 0 Å². The summed E-state index contributed by atoms with van der Waals surface area (Å²) in [4.78, 5) is 12.0. The summed E-state index contributed by atoms with van der Waals surface area (Å²) in [6.07, 6.45) is 2.54. The predicted octanol–water partition coefficient (Wildman–Crippen LogP) is 0.815. The van der Waals surface area contributed by atoms with E-state index in [9.17, 15) is 13.2 Å². The molecule has 0 saturated heterocycles. The highest BCUT2D eigenvalue weighted by molar-refractivity contribution is 7.89. The molecule has 0 atom stereocenters. The molecule has 114 valence electrons. The molecule has 1 aromatic carbocycles. The van der Waals surface area contributed by atoms with Gasteiger partial charge < -0.3 is 14.2 Å². The summed E-state index contributed by atoms with van der Waals surface area (Å²) in [6, 6.07) is 2.42. The number of esters is 1. The topological polar surface area (TPSA) is 105 Å². The van der Waals surface area contributed by atoms with Crippen molar-refractivity contribution < 1.29 is 27.4 Å². The van der Waals surface area contributed by atoms with Crippen molar-refractivity contribution >= 4 is 16.0 Å². The molecule has 0 radical (unpaired) electrons. The zero-order valence-corrected chi connectivity index (χ0v) is 12.0. The van der Waals surface area contributed by atoms with Gasteiger partial charge in [-0.25, -0.2) is 18.4 Å². The van der Waals surface area contributed by atoms with Gasteiger partial charge in [-0.2, -0.15) is 0 Å². The second-order valence-electron chi connectivity index (χ2n) is 5.00. The Morgan fingerprint density at radius 2 is 1.95 bits per heavy atom. The Labute approximate surface area is 122 Å². The summed E-state index contributed by atoms with van der Waals surface area (Å²) in [5.74, 6) is -0.224. The molecule has 0 spiro atoms. The van der Waals surface area contributed by atoms with Gasteiger partial charge in [0.2, 0.25) is 10.0 Å². The fourth-order valence-electron chi connectivity index (χ4n) is 2.15. The first-order chi connectivity index (χ1) is 9.95. The minimum absolute atomic E-state index is 0.0307. The third kappa shape index (κ3) is 2.81. The maximum Gasteiger partial charge on any atom is 0.342 e.